The zero-order chi connectivity index (χ0) is 13.0. The molecule has 0 saturated heterocycles. The monoisotopic (exact) mass is 261 g/mol. The summed E-state index contributed by atoms with van der Waals surface area (Å²) in [5.74, 6) is -0.0738. The van der Waals surface area contributed by atoms with Crippen molar-refractivity contribution in [3.63, 3.8) is 0 Å². The molecule has 18 heavy (non-hydrogen) atoms. The molecule has 0 aliphatic rings. The van der Waals surface area contributed by atoms with Gasteiger partial charge >= 0.3 is 0 Å². The number of carbonyl (C=O) groups is 1. The topological polar surface area (TPSA) is 67.2 Å². The second-order valence-electron chi connectivity index (χ2n) is 3.84. The molecule has 5 heteroatoms. The van der Waals surface area contributed by atoms with Crippen LogP contribution in [0.15, 0.2) is 35.0 Å². The van der Waals surface area contributed by atoms with Gasteiger partial charge < -0.3 is 16.4 Å². The number of likely N-dealkylation sites (N-methyl/N-ethyl adjacent to an activating group) is 1. The smallest absolute Gasteiger partial charge is 0.239 e. The van der Waals surface area contributed by atoms with Crippen molar-refractivity contribution in [1.29, 1.82) is 0 Å². The fraction of sp³-hybridized carbons (Fsp3) is 0.154. The maximum atomic E-state index is 11.2. The van der Waals surface area contributed by atoms with E-state index >= 15 is 0 Å². The van der Waals surface area contributed by atoms with Gasteiger partial charge in [0.05, 0.1) is 17.9 Å². The molecular formula is C13H15N3OS. The number of benzene rings is 1. The molecule has 94 valence electrons. The predicted octanol–water partition coefficient (Wildman–Crippen LogP) is 2.16. The van der Waals surface area contributed by atoms with Crippen molar-refractivity contribution in [3.05, 3.63) is 35.0 Å². The summed E-state index contributed by atoms with van der Waals surface area (Å²) < 4.78 is 0. The Morgan fingerprint density at radius 3 is 2.83 bits per heavy atom. The van der Waals surface area contributed by atoms with Crippen molar-refractivity contribution >= 4 is 28.6 Å². The number of hydrogen-bond donors (Lipinski definition) is 3. The summed E-state index contributed by atoms with van der Waals surface area (Å²) >= 11 is 1.65. The highest BCUT2D eigenvalue weighted by atomic mass is 32.1. The standard InChI is InChI=1S/C13H15N3OS/c1-15-13(17)7-16-12-6-9(2-3-11(12)14)10-4-5-18-8-10/h2-6,8,16H,7,14H2,1H3,(H,15,17). The summed E-state index contributed by atoms with van der Waals surface area (Å²) in [6, 6.07) is 7.83. The minimum atomic E-state index is -0.0738. The van der Waals surface area contributed by atoms with Crippen molar-refractivity contribution in [2.24, 2.45) is 0 Å². The van der Waals surface area contributed by atoms with Gasteiger partial charge in [0.25, 0.3) is 0 Å². The third-order valence-electron chi connectivity index (χ3n) is 2.63. The highest BCUT2D eigenvalue weighted by Crippen LogP contribution is 2.28. The zero-order valence-electron chi connectivity index (χ0n) is 10.1. The lowest BCUT2D eigenvalue weighted by Crippen LogP contribution is -2.26. The molecule has 1 aromatic heterocycles. The third-order valence-corrected chi connectivity index (χ3v) is 3.31. The van der Waals surface area contributed by atoms with Crippen LogP contribution >= 0.6 is 11.3 Å². The summed E-state index contributed by atoms with van der Waals surface area (Å²) in [5, 5.41) is 9.70. The van der Waals surface area contributed by atoms with Gasteiger partial charge in [-0.3, -0.25) is 4.79 Å². The van der Waals surface area contributed by atoms with Gasteiger partial charge in [0, 0.05) is 7.05 Å². The molecule has 0 aliphatic carbocycles. The fourth-order valence-electron chi connectivity index (χ4n) is 1.58. The number of nitrogens with two attached hydrogens (primary N) is 1. The van der Waals surface area contributed by atoms with Gasteiger partial charge in [-0.05, 0) is 40.1 Å². The van der Waals surface area contributed by atoms with E-state index in [1.54, 1.807) is 18.4 Å². The molecule has 4 N–H and O–H groups in total. The first-order chi connectivity index (χ1) is 8.70. The number of carbonyl (C=O) groups excluding carboxylic acids is 1. The van der Waals surface area contributed by atoms with E-state index in [4.69, 9.17) is 5.73 Å². The first-order valence-corrected chi connectivity index (χ1v) is 6.51. The van der Waals surface area contributed by atoms with Crippen LogP contribution in [0.2, 0.25) is 0 Å². The van der Waals surface area contributed by atoms with E-state index in [1.165, 1.54) is 0 Å². The van der Waals surface area contributed by atoms with Crippen LogP contribution in [0.4, 0.5) is 11.4 Å². The van der Waals surface area contributed by atoms with E-state index in [0.29, 0.717) is 5.69 Å². The molecule has 0 radical (unpaired) electrons. The van der Waals surface area contributed by atoms with Crippen molar-refractivity contribution in [3.8, 4) is 11.1 Å². The van der Waals surface area contributed by atoms with Gasteiger partial charge in [-0.15, -0.1) is 0 Å². The molecule has 0 fully saturated rings. The van der Waals surface area contributed by atoms with Crippen LogP contribution in [0.5, 0.6) is 0 Å². The third kappa shape index (κ3) is 2.81. The Bertz CT molecular complexity index is 537. The number of rotatable bonds is 4. The highest BCUT2D eigenvalue weighted by Gasteiger charge is 2.05. The molecule has 2 rings (SSSR count). The van der Waals surface area contributed by atoms with Gasteiger partial charge in [-0.1, -0.05) is 6.07 Å². The van der Waals surface area contributed by atoms with Crippen LogP contribution in [0.25, 0.3) is 11.1 Å². The highest BCUT2D eigenvalue weighted by molar-refractivity contribution is 7.08. The van der Waals surface area contributed by atoms with E-state index in [-0.39, 0.29) is 12.5 Å². The van der Waals surface area contributed by atoms with Crippen LogP contribution in [-0.2, 0) is 4.79 Å². The van der Waals surface area contributed by atoms with Crippen LogP contribution in [0, 0.1) is 0 Å². The first kappa shape index (κ1) is 12.4. The van der Waals surface area contributed by atoms with Gasteiger partial charge in [0.15, 0.2) is 0 Å². The van der Waals surface area contributed by atoms with E-state index in [0.717, 1.165) is 16.8 Å². The van der Waals surface area contributed by atoms with Crippen LogP contribution < -0.4 is 16.4 Å². The summed E-state index contributed by atoms with van der Waals surface area (Å²) in [6.07, 6.45) is 0. The molecule has 1 aromatic carbocycles. The SMILES string of the molecule is CNC(=O)CNc1cc(-c2ccsc2)ccc1N. The van der Waals surface area contributed by atoms with Crippen molar-refractivity contribution < 1.29 is 4.79 Å². The number of thiophene rings is 1. The van der Waals surface area contributed by atoms with Gasteiger partial charge in [-0.25, -0.2) is 0 Å². The Kier molecular flexibility index (Phi) is 3.84. The van der Waals surface area contributed by atoms with Gasteiger partial charge in [0.1, 0.15) is 0 Å². The number of amides is 1. The van der Waals surface area contributed by atoms with Crippen LogP contribution in [0.3, 0.4) is 0 Å². The largest absolute Gasteiger partial charge is 0.397 e. The minimum absolute atomic E-state index is 0.0738. The van der Waals surface area contributed by atoms with Crippen LogP contribution in [-0.4, -0.2) is 19.5 Å². The van der Waals surface area contributed by atoms with E-state index < -0.39 is 0 Å². The Labute approximate surface area is 110 Å². The Morgan fingerprint density at radius 1 is 1.33 bits per heavy atom. The number of nitrogen functional groups attached to an aromatic ring is 1. The Balaban J connectivity index is 2.19. The summed E-state index contributed by atoms with van der Waals surface area (Å²) in [4.78, 5) is 11.2. The fourth-order valence-corrected chi connectivity index (χ4v) is 2.25. The molecule has 0 saturated carbocycles. The maximum absolute atomic E-state index is 11.2. The van der Waals surface area contributed by atoms with E-state index in [9.17, 15) is 4.79 Å². The lowest BCUT2D eigenvalue weighted by Gasteiger charge is -2.10. The minimum Gasteiger partial charge on any atom is -0.397 e. The predicted molar refractivity (Wildman–Crippen MR) is 76.7 cm³/mol. The Hall–Kier alpha value is -2.01. The molecule has 2 aromatic rings. The molecule has 0 atom stereocenters. The number of nitrogens with one attached hydrogen (secondary N) is 2. The molecule has 0 bridgehead atoms. The maximum Gasteiger partial charge on any atom is 0.239 e. The van der Waals surface area contributed by atoms with Crippen molar-refractivity contribution in [1.82, 2.24) is 5.32 Å². The zero-order valence-corrected chi connectivity index (χ0v) is 10.9. The average molecular weight is 261 g/mol. The molecule has 0 aliphatic heterocycles. The Morgan fingerprint density at radius 2 is 2.17 bits per heavy atom. The quantitative estimate of drug-likeness (QED) is 0.739. The summed E-state index contributed by atoms with van der Waals surface area (Å²) in [5.41, 5.74) is 9.54. The molecule has 0 spiro atoms. The first-order valence-electron chi connectivity index (χ1n) is 5.57. The second-order valence-corrected chi connectivity index (χ2v) is 4.62. The van der Waals surface area contributed by atoms with Crippen LogP contribution in [0.1, 0.15) is 0 Å². The van der Waals surface area contributed by atoms with E-state index in [2.05, 4.69) is 22.1 Å². The van der Waals surface area contributed by atoms with Gasteiger partial charge in [0.2, 0.25) is 5.91 Å². The normalized spacial score (nSPS) is 10.1. The second kappa shape index (κ2) is 5.55. The van der Waals surface area contributed by atoms with E-state index in [1.807, 2.05) is 23.6 Å². The van der Waals surface area contributed by atoms with Crippen molar-refractivity contribution in [2.75, 3.05) is 24.6 Å². The van der Waals surface area contributed by atoms with Gasteiger partial charge in [-0.2, -0.15) is 11.3 Å². The average Bonchev–Trinajstić information content (AvgIpc) is 2.91. The molecule has 1 amide bonds. The molecule has 0 unspecified atom stereocenters. The van der Waals surface area contributed by atoms with Crippen molar-refractivity contribution in [2.45, 2.75) is 0 Å². The lowest BCUT2D eigenvalue weighted by molar-refractivity contribution is -0.118. The summed E-state index contributed by atoms with van der Waals surface area (Å²) in [7, 11) is 1.61. The molecule has 1 heterocycles. The number of hydrogen-bond acceptors (Lipinski definition) is 4. The molecule has 4 nitrogen and oxygen atoms in total. The molecular weight excluding hydrogens is 246 g/mol. The number of anilines is 2. The lowest BCUT2D eigenvalue weighted by atomic mass is 10.1. The summed E-state index contributed by atoms with van der Waals surface area (Å²) in [6.45, 7) is 0.216.